The zero-order chi connectivity index (χ0) is 26.5. The van der Waals surface area contributed by atoms with E-state index >= 15 is 0 Å². The number of allylic oxidation sites excluding steroid dienone is 1. The number of rotatable bonds is 9. The van der Waals surface area contributed by atoms with Gasteiger partial charge in [-0.05, 0) is 37.3 Å². The number of nitrogens with zero attached hydrogens (tertiary/aromatic N) is 5. The Hall–Kier alpha value is -4.39. The number of amides is 1. The van der Waals surface area contributed by atoms with Crippen LogP contribution in [0.3, 0.4) is 0 Å². The lowest BCUT2D eigenvalue weighted by atomic mass is 9.99. The number of carbonyl (C=O) groups excluding carboxylic acids is 1. The summed E-state index contributed by atoms with van der Waals surface area (Å²) in [4.78, 5) is 17.7. The highest BCUT2D eigenvalue weighted by Crippen LogP contribution is 2.26. The summed E-state index contributed by atoms with van der Waals surface area (Å²) in [5.41, 5.74) is 7.13. The van der Waals surface area contributed by atoms with E-state index in [0.717, 1.165) is 0 Å². The molecule has 0 unspecified atom stereocenters. The van der Waals surface area contributed by atoms with Crippen LogP contribution in [0, 0.1) is 11.9 Å². The van der Waals surface area contributed by atoms with E-state index in [-0.39, 0.29) is 35.6 Å². The number of carbonyl (C=O) groups is 1. The van der Waals surface area contributed by atoms with E-state index in [2.05, 4.69) is 20.5 Å². The fourth-order valence-corrected chi connectivity index (χ4v) is 3.56. The molecule has 37 heavy (non-hydrogen) atoms. The lowest BCUT2D eigenvalue weighted by Gasteiger charge is -2.38. The van der Waals surface area contributed by atoms with Crippen LogP contribution in [0.1, 0.15) is 18.9 Å². The minimum Gasteiger partial charge on any atom is -0.470 e. The molecule has 0 saturated carbocycles. The normalized spacial score (nSPS) is 14.2. The maximum absolute atomic E-state index is 13.6. The van der Waals surface area contributed by atoms with Crippen molar-refractivity contribution in [3.05, 3.63) is 77.6 Å². The van der Waals surface area contributed by atoms with E-state index in [0.29, 0.717) is 36.0 Å². The molecule has 2 aromatic heterocycles. The molecule has 0 atom stereocenters. The number of nitrogens with two attached hydrogens (primary N) is 2. The molecular weight excluding hydrogens is 489 g/mol. The second kappa shape index (κ2) is 11.1. The molecule has 194 valence electrons. The van der Waals surface area contributed by atoms with Crippen LogP contribution in [0.15, 0.2) is 66.1 Å². The summed E-state index contributed by atoms with van der Waals surface area (Å²) in [6.45, 7) is 2.39. The van der Waals surface area contributed by atoms with Crippen LogP contribution in [-0.4, -0.2) is 40.8 Å². The number of aromatic nitrogens is 3. The number of pyridine rings is 1. The van der Waals surface area contributed by atoms with Gasteiger partial charge in [-0.1, -0.05) is 12.1 Å². The zero-order valence-corrected chi connectivity index (χ0v) is 19.8. The van der Waals surface area contributed by atoms with E-state index in [9.17, 15) is 18.0 Å². The molecule has 1 fully saturated rings. The molecule has 1 aromatic carbocycles. The fraction of sp³-hybridized carbons (Fsp3) is 0.250. The molecule has 0 spiro atoms. The number of benzene rings is 1. The Kier molecular flexibility index (Phi) is 7.72. The predicted octanol–water partition coefficient (Wildman–Crippen LogP) is 2.97. The molecule has 1 saturated heterocycles. The summed E-state index contributed by atoms with van der Waals surface area (Å²) in [6, 6.07) is 11.8. The van der Waals surface area contributed by atoms with Crippen LogP contribution in [-0.2, 0) is 4.79 Å². The zero-order valence-electron chi connectivity index (χ0n) is 19.8. The van der Waals surface area contributed by atoms with Crippen molar-refractivity contribution in [3.8, 4) is 5.88 Å². The Bertz CT molecular complexity index is 1260. The van der Waals surface area contributed by atoms with Crippen LogP contribution in [0.25, 0.3) is 0 Å². The average Bonchev–Trinajstić information content (AvgIpc) is 2.85. The summed E-state index contributed by atoms with van der Waals surface area (Å²) < 4.78 is 44.9. The third-order valence-electron chi connectivity index (χ3n) is 5.75. The summed E-state index contributed by atoms with van der Waals surface area (Å²) >= 11 is 0. The quantitative estimate of drug-likeness (QED) is 0.224. The summed E-state index contributed by atoms with van der Waals surface area (Å²) in [5, 5.41) is 12.0. The molecule has 4 rings (SSSR count). The van der Waals surface area contributed by atoms with Crippen LogP contribution in [0.5, 0.6) is 5.88 Å². The first kappa shape index (κ1) is 25.7. The van der Waals surface area contributed by atoms with Crippen molar-refractivity contribution >= 4 is 23.1 Å². The topological polar surface area (TPSA) is 136 Å². The second-order valence-corrected chi connectivity index (χ2v) is 8.34. The van der Waals surface area contributed by atoms with Crippen molar-refractivity contribution in [2.75, 3.05) is 34.9 Å². The SMILES string of the molecule is C/C(N)=C(\COc1ccc(N2CC(C(=O)Nc3cccnc3F)C2)nn1)N(N)c1ccc(C(F)F)cc1. The predicted molar refractivity (Wildman–Crippen MR) is 131 cm³/mol. The van der Waals surface area contributed by atoms with Gasteiger partial charge < -0.3 is 20.7 Å². The molecule has 1 aliphatic heterocycles. The number of nitrogens with one attached hydrogen (secondary N) is 1. The third-order valence-corrected chi connectivity index (χ3v) is 5.75. The van der Waals surface area contributed by atoms with Gasteiger partial charge in [-0.15, -0.1) is 10.2 Å². The molecule has 0 bridgehead atoms. The van der Waals surface area contributed by atoms with Crippen molar-refractivity contribution in [2.24, 2.45) is 17.5 Å². The summed E-state index contributed by atoms with van der Waals surface area (Å²) in [7, 11) is 0. The summed E-state index contributed by atoms with van der Waals surface area (Å²) in [5.74, 6) is 5.54. The third kappa shape index (κ3) is 6.06. The lowest BCUT2D eigenvalue weighted by molar-refractivity contribution is -0.120. The molecule has 1 aliphatic rings. The number of ether oxygens (including phenoxy) is 1. The molecule has 5 N–H and O–H groups in total. The Morgan fingerprint density at radius 2 is 1.92 bits per heavy atom. The van der Waals surface area contributed by atoms with Gasteiger partial charge in [0.1, 0.15) is 6.61 Å². The van der Waals surface area contributed by atoms with E-state index in [1.54, 1.807) is 19.1 Å². The fourth-order valence-electron chi connectivity index (χ4n) is 3.56. The number of hydrogen-bond acceptors (Lipinski definition) is 9. The summed E-state index contributed by atoms with van der Waals surface area (Å²) in [6.07, 6.45) is -1.27. The Morgan fingerprint density at radius 3 is 2.51 bits per heavy atom. The maximum Gasteiger partial charge on any atom is 0.263 e. The van der Waals surface area contributed by atoms with Gasteiger partial charge in [-0.3, -0.25) is 9.80 Å². The van der Waals surface area contributed by atoms with Crippen LogP contribution >= 0.6 is 0 Å². The standard InChI is InChI=1S/C24H25F3N8O2/c1-14(28)19(35(29)17-6-4-15(5-7-17)22(25)26)13-37-21-9-8-20(32-33-21)34-11-16(12-34)24(36)31-18-3-2-10-30-23(18)27/h2-10,16,22H,11-13,28-29H2,1H3,(H,31,36)/b19-14-. The second-order valence-electron chi connectivity index (χ2n) is 8.34. The highest BCUT2D eigenvalue weighted by Gasteiger charge is 2.34. The molecule has 3 heterocycles. The van der Waals surface area contributed by atoms with Gasteiger partial charge in [-0.2, -0.15) is 4.39 Å². The van der Waals surface area contributed by atoms with E-state index in [4.69, 9.17) is 16.3 Å². The van der Waals surface area contributed by atoms with Crippen LogP contribution in [0.2, 0.25) is 0 Å². The number of anilines is 3. The first-order valence-electron chi connectivity index (χ1n) is 11.2. The molecule has 0 radical (unpaired) electrons. The first-order chi connectivity index (χ1) is 17.7. The number of hydrazine groups is 1. The van der Waals surface area contributed by atoms with Crippen molar-refractivity contribution in [1.29, 1.82) is 0 Å². The Balaban J connectivity index is 1.30. The Labute approximate surface area is 210 Å². The highest BCUT2D eigenvalue weighted by molar-refractivity contribution is 5.94. The molecule has 1 amide bonds. The minimum atomic E-state index is -2.58. The Morgan fingerprint density at radius 1 is 1.19 bits per heavy atom. The molecule has 0 aliphatic carbocycles. The van der Waals surface area contributed by atoms with Gasteiger partial charge in [0, 0.05) is 36.6 Å². The van der Waals surface area contributed by atoms with Gasteiger partial charge in [0.05, 0.1) is 23.0 Å². The molecule has 3 aromatic rings. The van der Waals surface area contributed by atoms with Gasteiger partial charge in [0.15, 0.2) is 5.82 Å². The monoisotopic (exact) mass is 514 g/mol. The van der Waals surface area contributed by atoms with Gasteiger partial charge in [0.25, 0.3) is 6.43 Å². The maximum atomic E-state index is 13.6. The largest absolute Gasteiger partial charge is 0.470 e. The van der Waals surface area contributed by atoms with Crippen molar-refractivity contribution in [2.45, 2.75) is 13.3 Å². The van der Waals surface area contributed by atoms with Crippen LogP contribution in [0.4, 0.5) is 30.4 Å². The van der Waals surface area contributed by atoms with Crippen molar-refractivity contribution in [1.82, 2.24) is 15.2 Å². The number of halogens is 3. The molecule has 10 nitrogen and oxygen atoms in total. The van der Waals surface area contributed by atoms with Gasteiger partial charge in [0.2, 0.25) is 17.7 Å². The minimum absolute atomic E-state index is 0.0367. The van der Waals surface area contributed by atoms with Gasteiger partial charge in [-0.25, -0.2) is 19.6 Å². The van der Waals surface area contributed by atoms with E-state index in [1.165, 1.54) is 47.6 Å². The smallest absolute Gasteiger partial charge is 0.263 e. The van der Waals surface area contributed by atoms with Crippen LogP contribution < -0.4 is 31.5 Å². The number of hydrogen-bond donors (Lipinski definition) is 3. The molecular formula is C24H25F3N8O2. The average molecular weight is 515 g/mol. The van der Waals surface area contributed by atoms with Crippen molar-refractivity contribution in [3.63, 3.8) is 0 Å². The first-order valence-corrected chi connectivity index (χ1v) is 11.2. The van der Waals surface area contributed by atoms with E-state index < -0.39 is 12.4 Å². The lowest BCUT2D eigenvalue weighted by Crippen LogP contribution is -2.52. The molecule has 13 heteroatoms. The van der Waals surface area contributed by atoms with E-state index in [1.807, 2.05) is 4.90 Å². The van der Waals surface area contributed by atoms with Crippen molar-refractivity contribution < 1.29 is 22.7 Å². The number of alkyl halides is 2. The highest BCUT2D eigenvalue weighted by atomic mass is 19.3. The van der Waals surface area contributed by atoms with Gasteiger partial charge >= 0.3 is 0 Å².